The number of nitrogens with zero attached hydrogens (tertiary/aromatic N) is 4. The summed E-state index contributed by atoms with van der Waals surface area (Å²) in [7, 11) is 0. The minimum absolute atomic E-state index is 0.0785. The molecule has 10 nitrogen and oxygen atoms in total. The number of aryl methyl sites for hydroxylation is 1. The molecule has 2 amide bonds. The number of ether oxygens (including phenoxy) is 1. The predicted octanol–water partition coefficient (Wildman–Crippen LogP) is 3.44. The third kappa shape index (κ3) is 5.61. The second kappa shape index (κ2) is 10.4. The van der Waals surface area contributed by atoms with Crippen LogP contribution < -0.4 is 15.5 Å². The number of morpholine rings is 1. The third-order valence-electron chi connectivity index (χ3n) is 5.75. The molecule has 0 radical (unpaired) electrons. The van der Waals surface area contributed by atoms with Crippen LogP contribution in [0.5, 0.6) is 0 Å². The number of anilines is 3. The monoisotopic (exact) mass is 486 g/mol. The molecule has 4 aromatic rings. The lowest BCUT2D eigenvalue weighted by atomic mass is 10.1. The van der Waals surface area contributed by atoms with Crippen molar-refractivity contribution < 1.29 is 18.8 Å². The highest BCUT2D eigenvalue weighted by molar-refractivity contribution is 6.04. The van der Waals surface area contributed by atoms with E-state index in [2.05, 4.69) is 25.8 Å². The van der Waals surface area contributed by atoms with Gasteiger partial charge in [0, 0.05) is 36.1 Å². The van der Waals surface area contributed by atoms with E-state index >= 15 is 0 Å². The number of benzene rings is 2. The molecule has 1 aliphatic heterocycles. The minimum atomic E-state index is -0.238. The van der Waals surface area contributed by atoms with Crippen molar-refractivity contribution in [2.45, 2.75) is 13.3 Å². The summed E-state index contributed by atoms with van der Waals surface area (Å²) in [6.07, 6.45) is 3.31. The number of carbonyl (C=O) groups excluding carboxylic acids is 2. The number of carbonyl (C=O) groups is 2. The fourth-order valence-corrected chi connectivity index (χ4v) is 3.96. The summed E-state index contributed by atoms with van der Waals surface area (Å²) in [5.74, 6) is 0.0318. The molecule has 0 bridgehead atoms. The molecule has 2 aromatic carbocycles. The summed E-state index contributed by atoms with van der Waals surface area (Å²) in [4.78, 5) is 27.4. The molecular formula is C26H26N6O4. The zero-order chi connectivity index (χ0) is 24.9. The summed E-state index contributed by atoms with van der Waals surface area (Å²) in [6, 6.07) is 16.6. The van der Waals surface area contributed by atoms with Crippen molar-refractivity contribution in [2.24, 2.45) is 0 Å². The first kappa shape index (κ1) is 23.3. The molecule has 0 unspecified atom stereocenters. The van der Waals surface area contributed by atoms with Gasteiger partial charge in [0.1, 0.15) is 5.76 Å². The lowest BCUT2D eigenvalue weighted by molar-refractivity contribution is -0.115. The van der Waals surface area contributed by atoms with Gasteiger partial charge < -0.3 is 24.8 Å². The van der Waals surface area contributed by atoms with Gasteiger partial charge in [0.05, 0.1) is 49.1 Å². The summed E-state index contributed by atoms with van der Waals surface area (Å²) < 4.78 is 12.1. The molecule has 1 saturated heterocycles. The second-order valence-electron chi connectivity index (χ2n) is 8.48. The molecule has 0 aliphatic carbocycles. The fraction of sp³-hybridized carbons (Fsp3) is 0.231. The van der Waals surface area contributed by atoms with Gasteiger partial charge in [-0.1, -0.05) is 11.2 Å². The van der Waals surface area contributed by atoms with E-state index in [1.807, 2.05) is 30.3 Å². The van der Waals surface area contributed by atoms with Crippen LogP contribution in [0.4, 0.5) is 17.1 Å². The number of hydrogen-bond donors (Lipinski definition) is 2. The Balaban J connectivity index is 1.21. The Hall–Kier alpha value is -4.44. The number of nitrogens with one attached hydrogen (secondary N) is 2. The summed E-state index contributed by atoms with van der Waals surface area (Å²) in [5, 5.41) is 13.8. The van der Waals surface area contributed by atoms with Crippen LogP contribution >= 0.6 is 0 Å². The van der Waals surface area contributed by atoms with Gasteiger partial charge in [-0.2, -0.15) is 5.10 Å². The Kier molecular flexibility index (Phi) is 6.76. The maximum absolute atomic E-state index is 12.9. The molecule has 5 rings (SSSR count). The molecule has 2 aromatic heterocycles. The van der Waals surface area contributed by atoms with Gasteiger partial charge in [0.15, 0.2) is 0 Å². The third-order valence-corrected chi connectivity index (χ3v) is 5.75. The van der Waals surface area contributed by atoms with E-state index in [0.717, 1.165) is 37.7 Å². The number of amides is 2. The summed E-state index contributed by atoms with van der Waals surface area (Å²) in [6.45, 7) is 4.96. The first-order valence-corrected chi connectivity index (χ1v) is 11.6. The van der Waals surface area contributed by atoms with E-state index in [9.17, 15) is 9.59 Å². The highest BCUT2D eigenvalue weighted by Crippen LogP contribution is 2.20. The summed E-state index contributed by atoms with van der Waals surface area (Å²) >= 11 is 0. The fourth-order valence-electron chi connectivity index (χ4n) is 3.96. The predicted molar refractivity (Wildman–Crippen MR) is 135 cm³/mol. The number of rotatable bonds is 7. The van der Waals surface area contributed by atoms with Crippen LogP contribution in [-0.2, 0) is 16.0 Å². The quantitative estimate of drug-likeness (QED) is 0.411. The molecule has 1 aliphatic rings. The van der Waals surface area contributed by atoms with Crippen LogP contribution in [-0.4, -0.2) is 53.1 Å². The lowest BCUT2D eigenvalue weighted by Gasteiger charge is -2.28. The Morgan fingerprint density at radius 3 is 2.53 bits per heavy atom. The SMILES string of the molecule is Cc1cc(CC(=O)Nc2cnn(-c3cccc(C(=O)Nc4ccc(N5CCOCC5)cc4)c3)c2)on1. The average molecular weight is 487 g/mol. The van der Waals surface area contributed by atoms with Crippen LogP contribution in [0.1, 0.15) is 21.8 Å². The molecule has 1 fully saturated rings. The van der Waals surface area contributed by atoms with Gasteiger partial charge >= 0.3 is 0 Å². The molecule has 10 heteroatoms. The van der Waals surface area contributed by atoms with E-state index in [0.29, 0.717) is 28.4 Å². The van der Waals surface area contributed by atoms with Gasteiger partial charge in [-0.3, -0.25) is 9.59 Å². The van der Waals surface area contributed by atoms with Crippen LogP contribution in [0.25, 0.3) is 5.69 Å². The standard InChI is InChI=1S/C26H26N6O4/c1-18-13-24(36-30-18)15-25(33)28-21-16-27-32(17-21)23-4-2-3-19(14-23)26(34)29-20-5-7-22(8-6-20)31-9-11-35-12-10-31/h2-8,13-14,16-17H,9-12,15H2,1H3,(H,28,33)(H,29,34). The Bertz CT molecular complexity index is 1350. The van der Waals surface area contributed by atoms with Gasteiger partial charge in [0.2, 0.25) is 5.91 Å². The molecule has 2 N–H and O–H groups in total. The first-order chi connectivity index (χ1) is 17.5. The number of hydrogen-bond acceptors (Lipinski definition) is 7. The van der Waals surface area contributed by atoms with Gasteiger partial charge in [-0.25, -0.2) is 4.68 Å². The van der Waals surface area contributed by atoms with Crippen LogP contribution in [0.3, 0.4) is 0 Å². The van der Waals surface area contributed by atoms with E-state index in [4.69, 9.17) is 9.26 Å². The zero-order valence-corrected chi connectivity index (χ0v) is 19.8. The van der Waals surface area contributed by atoms with Crippen molar-refractivity contribution in [1.82, 2.24) is 14.9 Å². The van der Waals surface area contributed by atoms with Crippen molar-refractivity contribution in [3.05, 3.63) is 84.0 Å². The maximum Gasteiger partial charge on any atom is 0.255 e. The lowest BCUT2D eigenvalue weighted by Crippen LogP contribution is -2.36. The van der Waals surface area contributed by atoms with Crippen molar-refractivity contribution in [3.63, 3.8) is 0 Å². The average Bonchev–Trinajstić information content (AvgIpc) is 3.53. The highest BCUT2D eigenvalue weighted by Gasteiger charge is 2.13. The van der Waals surface area contributed by atoms with Crippen molar-refractivity contribution in [1.29, 1.82) is 0 Å². The topological polar surface area (TPSA) is 115 Å². The van der Waals surface area contributed by atoms with E-state index in [1.165, 1.54) is 0 Å². The van der Waals surface area contributed by atoms with Crippen LogP contribution in [0.15, 0.2) is 71.5 Å². The second-order valence-corrected chi connectivity index (χ2v) is 8.48. The molecule has 3 heterocycles. The van der Waals surface area contributed by atoms with Crippen LogP contribution in [0, 0.1) is 6.92 Å². The molecule has 0 spiro atoms. The normalized spacial score (nSPS) is 13.4. The van der Waals surface area contributed by atoms with Crippen molar-refractivity contribution in [3.8, 4) is 5.69 Å². The van der Waals surface area contributed by atoms with Gasteiger partial charge in [-0.15, -0.1) is 0 Å². The minimum Gasteiger partial charge on any atom is -0.378 e. The molecule has 36 heavy (non-hydrogen) atoms. The first-order valence-electron chi connectivity index (χ1n) is 11.6. The van der Waals surface area contributed by atoms with Crippen LogP contribution in [0.2, 0.25) is 0 Å². The Morgan fingerprint density at radius 2 is 1.78 bits per heavy atom. The van der Waals surface area contributed by atoms with E-state index < -0.39 is 0 Å². The Morgan fingerprint density at radius 1 is 0.972 bits per heavy atom. The maximum atomic E-state index is 12.9. The molecule has 0 atom stereocenters. The molecular weight excluding hydrogens is 460 g/mol. The smallest absolute Gasteiger partial charge is 0.255 e. The zero-order valence-electron chi connectivity index (χ0n) is 19.8. The number of aromatic nitrogens is 3. The van der Waals surface area contributed by atoms with Gasteiger partial charge in [0.25, 0.3) is 5.91 Å². The Labute approximate surface area is 207 Å². The van der Waals surface area contributed by atoms with Crippen molar-refractivity contribution >= 4 is 28.9 Å². The molecule has 0 saturated carbocycles. The van der Waals surface area contributed by atoms with Crippen molar-refractivity contribution in [2.75, 3.05) is 41.8 Å². The van der Waals surface area contributed by atoms with Gasteiger partial charge in [-0.05, 0) is 49.4 Å². The summed E-state index contributed by atoms with van der Waals surface area (Å²) in [5.41, 5.74) is 4.26. The highest BCUT2D eigenvalue weighted by atomic mass is 16.5. The van der Waals surface area contributed by atoms with E-state index in [-0.39, 0.29) is 18.2 Å². The van der Waals surface area contributed by atoms with E-state index in [1.54, 1.807) is 48.3 Å². The molecule has 184 valence electrons. The largest absolute Gasteiger partial charge is 0.378 e.